The average Bonchev–Trinajstić information content (AvgIpc) is 2.55. The minimum absolute atomic E-state index is 0.114. The molecule has 0 spiro atoms. The molecule has 3 N–H and O–H groups in total. The topological polar surface area (TPSA) is 70.6 Å². The van der Waals surface area contributed by atoms with Crippen molar-refractivity contribution in [1.29, 1.82) is 0 Å². The predicted octanol–water partition coefficient (Wildman–Crippen LogP) is 3.29. The third-order valence-electron chi connectivity index (χ3n) is 4.18. The lowest BCUT2D eigenvalue weighted by Crippen LogP contribution is -2.49. The highest BCUT2D eigenvalue weighted by atomic mass is 19.4. The minimum Gasteiger partial charge on any atom is -0.484 e. The molecule has 1 aliphatic rings. The van der Waals surface area contributed by atoms with Crippen molar-refractivity contribution in [1.82, 2.24) is 10.6 Å². The molecule has 0 saturated heterocycles. The van der Waals surface area contributed by atoms with Crippen molar-refractivity contribution in [2.75, 3.05) is 6.61 Å². The van der Waals surface area contributed by atoms with Crippen molar-refractivity contribution in [3.05, 3.63) is 29.8 Å². The Morgan fingerprint density at radius 1 is 1.28 bits per heavy atom. The first-order valence-corrected chi connectivity index (χ1v) is 8.29. The van der Waals surface area contributed by atoms with Gasteiger partial charge in [0, 0.05) is 0 Å². The molecule has 0 radical (unpaired) electrons. The van der Waals surface area contributed by atoms with Crippen molar-refractivity contribution in [2.45, 2.75) is 57.0 Å². The number of ether oxygens (including phenoxy) is 1. The van der Waals surface area contributed by atoms with E-state index in [4.69, 9.17) is 0 Å². The summed E-state index contributed by atoms with van der Waals surface area (Å²) in [7, 11) is 0. The molecule has 8 heteroatoms. The maximum atomic E-state index is 12.1. The van der Waals surface area contributed by atoms with Gasteiger partial charge in [0.05, 0.1) is 18.2 Å². The van der Waals surface area contributed by atoms with Gasteiger partial charge in [-0.25, -0.2) is 4.79 Å². The summed E-state index contributed by atoms with van der Waals surface area (Å²) in [5, 5.41) is 15.4. The molecule has 1 fully saturated rings. The van der Waals surface area contributed by atoms with Crippen LogP contribution in [0.3, 0.4) is 0 Å². The number of aliphatic hydroxyl groups is 1. The second-order valence-electron chi connectivity index (χ2n) is 6.27. The van der Waals surface area contributed by atoms with Crippen LogP contribution in [0.5, 0.6) is 5.75 Å². The van der Waals surface area contributed by atoms with Crippen molar-refractivity contribution in [2.24, 2.45) is 0 Å². The molecule has 3 unspecified atom stereocenters. The van der Waals surface area contributed by atoms with E-state index in [1.807, 2.05) is 0 Å². The number of carbonyl (C=O) groups excluding carboxylic acids is 1. The van der Waals surface area contributed by atoms with Gasteiger partial charge in [-0.1, -0.05) is 25.0 Å². The zero-order valence-corrected chi connectivity index (χ0v) is 14.0. The second-order valence-corrected chi connectivity index (χ2v) is 6.27. The largest absolute Gasteiger partial charge is 0.484 e. The maximum Gasteiger partial charge on any atom is 0.422 e. The van der Waals surface area contributed by atoms with E-state index >= 15 is 0 Å². The zero-order valence-electron chi connectivity index (χ0n) is 14.0. The Labute approximate surface area is 144 Å². The number of benzene rings is 1. The summed E-state index contributed by atoms with van der Waals surface area (Å²) in [4.78, 5) is 12.0. The number of hydrogen-bond donors (Lipinski definition) is 3. The Morgan fingerprint density at radius 3 is 2.52 bits per heavy atom. The van der Waals surface area contributed by atoms with Crippen LogP contribution in [0.4, 0.5) is 18.0 Å². The number of urea groups is 1. The maximum absolute atomic E-state index is 12.1. The van der Waals surface area contributed by atoms with E-state index in [1.165, 1.54) is 12.1 Å². The smallest absolute Gasteiger partial charge is 0.422 e. The van der Waals surface area contributed by atoms with Crippen LogP contribution in [-0.4, -0.2) is 36.1 Å². The average molecular weight is 360 g/mol. The van der Waals surface area contributed by atoms with Crippen molar-refractivity contribution < 1.29 is 27.8 Å². The third-order valence-corrected chi connectivity index (χ3v) is 4.18. The van der Waals surface area contributed by atoms with Gasteiger partial charge in [0.15, 0.2) is 6.61 Å². The Bertz CT molecular complexity index is 563. The molecular weight excluding hydrogens is 337 g/mol. The van der Waals surface area contributed by atoms with Gasteiger partial charge in [0.1, 0.15) is 5.75 Å². The summed E-state index contributed by atoms with van der Waals surface area (Å²) >= 11 is 0. The molecule has 3 atom stereocenters. The Balaban J connectivity index is 1.83. The van der Waals surface area contributed by atoms with Gasteiger partial charge in [-0.15, -0.1) is 0 Å². The lowest BCUT2D eigenvalue weighted by Gasteiger charge is -2.29. The first-order valence-electron chi connectivity index (χ1n) is 8.29. The number of nitrogens with one attached hydrogen (secondary N) is 2. The van der Waals surface area contributed by atoms with Crippen LogP contribution in [0.15, 0.2) is 24.3 Å². The van der Waals surface area contributed by atoms with Crippen molar-refractivity contribution >= 4 is 6.03 Å². The van der Waals surface area contributed by atoms with E-state index < -0.39 is 18.9 Å². The highest BCUT2D eigenvalue weighted by Gasteiger charge is 2.28. The van der Waals surface area contributed by atoms with Crippen LogP contribution >= 0.6 is 0 Å². The monoisotopic (exact) mass is 360 g/mol. The highest BCUT2D eigenvalue weighted by Crippen LogP contribution is 2.21. The summed E-state index contributed by atoms with van der Waals surface area (Å²) in [6, 6.07) is 5.11. The number of carbonyl (C=O) groups is 1. The quantitative estimate of drug-likeness (QED) is 0.755. The van der Waals surface area contributed by atoms with Gasteiger partial charge in [-0.05, 0) is 37.5 Å². The van der Waals surface area contributed by atoms with E-state index in [-0.39, 0.29) is 23.9 Å². The molecule has 2 amide bonds. The van der Waals surface area contributed by atoms with Gasteiger partial charge in [0.25, 0.3) is 0 Å². The SMILES string of the molecule is CC(NC(=O)NC1CCCCC1O)c1ccc(OCC(F)(F)F)cc1. The van der Waals surface area contributed by atoms with Crippen LogP contribution in [-0.2, 0) is 0 Å². The van der Waals surface area contributed by atoms with Crippen molar-refractivity contribution in [3.8, 4) is 5.75 Å². The summed E-state index contributed by atoms with van der Waals surface area (Å²) in [6.07, 6.45) is -1.56. The highest BCUT2D eigenvalue weighted by molar-refractivity contribution is 5.74. The van der Waals surface area contributed by atoms with E-state index in [0.29, 0.717) is 6.42 Å². The summed E-state index contributed by atoms with van der Waals surface area (Å²) in [6.45, 7) is 0.425. The van der Waals surface area contributed by atoms with E-state index in [9.17, 15) is 23.1 Å². The van der Waals surface area contributed by atoms with Crippen LogP contribution in [0, 0.1) is 0 Å². The molecule has 25 heavy (non-hydrogen) atoms. The number of amides is 2. The molecule has 5 nitrogen and oxygen atoms in total. The van der Waals surface area contributed by atoms with Crippen LogP contribution in [0.25, 0.3) is 0 Å². The number of alkyl halides is 3. The molecule has 2 rings (SSSR count). The third kappa shape index (κ3) is 6.45. The molecule has 0 aliphatic heterocycles. The van der Waals surface area contributed by atoms with Crippen LogP contribution in [0.1, 0.15) is 44.2 Å². The zero-order chi connectivity index (χ0) is 18.4. The summed E-state index contributed by atoms with van der Waals surface area (Å²) in [5.74, 6) is 0.114. The number of aliphatic hydroxyl groups excluding tert-OH is 1. The Kier molecular flexibility index (Phi) is 6.52. The standard InChI is InChI=1S/C17H23F3N2O3/c1-11(21-16(24)22-14-4-2-3-5-15(14)23)12-6-8-13(9-7-12)25-10-17(18,19)20/h6-9,11,14-15,23H,2-5,10H2,1H3,(H2,21,22,24). The summed E-state index contributed by atoms with van der Waals surface area (Å²) in [5.41, 5.74) is 0.735. The van der Waals surface area contributed by atoms with E-state index in [1.54, 1.807) is 19.1 Å². The van der Waals surface area contributed by atoms with Crippen LogP contribution < -0.4 is 15.4 Å². The fraction of sp³-hybridized carbons (Fsp3) is 0.588. The minimum atomic E-state index is -4.38. The van der Waals surface area contributed by atoms with Gasteiger partial charge in [-0.2, -0.15) is 13.2 Å². The molecule has 1 aromatic rings. The molecule has 1 aromatic carbocycles. The lowest BCUT2D eigenvalue weighted by molar-refractivity contribution is -0.153. The van der Waals surface area contributed by atoms with Gasteiger partial charge >= 0.3 is 12.2 Å². The Morgan fingerprint density at radius 2 is 1.92 bits per heavy atom. The molecule has 0 bridgehead atoms. The predicted molar refractivity (Wildman–Crippen MR) is 86.3 cm³/mol. The lowest BCUT2D eigenvalue weighted by atomic mass is 9.93. The molecule has 1 saturated carbocycles. The van der Waals surface area contributed by atoms with Crippen molar-refractivity contribution in [3.63, 3.8) is 0 Å². The molecule has 0 heterocycles. The fourth-order valence-corrected chi connectivity index (χ4v) is 2.79. The number of hydrogen-bond acceptors (Lipinski definition) is 3. The van der Waals surface area contributed by atoms with Crippen LogP contribution in [0.2, 0.25) is 0 Å². The first-order chi connectivity index (χ1) is 11.7. The normalized spacial score (nSPS) is 22.1. The van der Waals surface area contributed by atoms with Gasteiger partial charge in [0.2, 0.25) is 0 Å². The van der Waals surface area contributed by atoms with E-state index in [2.05, 4.69) is 15.4 Å². The fourth-order valence-electron chi connectivity index (χ4n) is 2.79. The molecular formula is C17H23F3N2O3. The molecule has 1 aliphatic carbocycles. The first kappa shape index (κ1) is 19.4. The Hall–Kier alpha value is -1.96. The van der Waals surface area contributed by atoms with E-state index in [0.717, 1.165) is 24.8 Å². The summed E-state index contributed by atoms with van der Waals surface area (Å²) < 4.78 is 41.0. The number of rotatable bonds is 5. The molecule has 0 aromatic heterocycles. The second kappa shape index (κ2) is 8.42. The van der Waals surface area contributed by atoms with Gasteiger partial charge in [-0.3, -0.25) is 0 Å². The van der Waals surface area contributed by atoms with Gasteiger partial charge < -0.3 is 20.5 Å². The molecule has 140 valence electrons. The number of halogens is 3.